The third-order valence-electron chi connectivity index (χ3n) is 5.24. The Morgan fingerprint density at radius 3 is 2.43 bits per heavy atom. The van der Waals surface area contributed by atoms with E-state index in [1.807, 2.05) is 75.4 Å². The van der Waals surface area contributed by atoms with E-state index < -0.39 is 6.03 Å². The van der Waals surface area contributed by atoms with Gasteiger partial charge in [-0.2, -0.15) is 0 Å². The van der Waals surface area contributed by atoms with Gasteiger partial charge in [0.05, 0.1) is 6.54 Å². The lowest BCUT2D eigenvalue weighted by Gasteiger charge is -2.12. The van der Waals surface area contributed by atoms with Crippen LogP contribution in [0.4, 0.5) is 4.79 Å². The van der Waals surface area contributed by atoms with Gasteiger partial charge in [0.25, 0.3) is 5.91 Å². The maximum Gasteiger partial charge on any atom is 0.329 e. The van der Waals surface area contributed by atoms with Crippen LogP contribution in [-0.4, -0.2) is 21.4 Å². The predicted molar refractivity (Wildman–Crippen MR) is 121 cm³/mol. The minimum absolute atomic E-state index is 0.252. The SMILES string of the molecule is Cc1cccc(CN2C(=O)N/C(=C\c3cc(C)n(-c4ccc(Br)cc4)c3C)C2=O)c1. The molecule has 1 aliphatic rings. The molecule has 0 spiro atoms. The van der Waals surface area contributed by atoms with Gasteiger partial charge in [-0.15, -0.1) is 0 Å². The van der Waals surface area contributed by atoms with Gasteiger partial charge in [0.15, 0.2) is 0 Å². The van der Waals surface area contributed by atoms with Crippen LogP contribution in [0, 0.1) is 20.8 Å². The van der Waals surface area contributed by atoms with Crippen molar-refractivity contribution in [3.8, 4) is 5.69 Å². The normalized spacial score (nSPS) is 15.2. The number of nitrogens with zero attached hydrogens (tertiary/aromatic N) is 2. The quantitative estimate of drug-likeness (QED) is 0.423. The molecule has 2 aromatic carbocycles. The Bertz CT molecular complexity index is 1180. The summed E-state index contributed by atoms with van der Waals surface area (Å²) in [5, 5.41) is 2.72. The Kier molecular flexibility index (Phi) is 5.35. The van der Waals surface area contributed by atoms with Crippen LogP contribution in [0.2, 0.25) is 0 Å². The lowest BCUT2D eigenvalue weighted by atomic mass is 10.1. The number of halogens is 1. The van der Waals surface area contributed by atoms with Crippen LogP contribution in [0.15, 0.2) is 64.8 Å². The highest BCUT2D eigenvalue weighted by molar-refractivity contribution is 9.10. The minimum atomic E-state index is -0.394. The highest BCUT2D eigenvalue weighted by Gasteiger charge is 2.33. The standard InChI is InChI=1S/C24H22BrN3O2/c1-15-5-4-6-18(11-15)14-27-23(29)22(26-24(27)30)13-19-12-16(2)28(17(19)3)21-9-7-20(25)8-10-21/h4-13H,14H2,1-3H3,(H,26,30)/b22-13-. The number of urea groups is 1. The number of aryl methyl sites for hydroxylation is 2. The van der Waals surface area contributed by atoms with Gasteiger partial charge in [-0.25, -0.2) is 4.79 Å². The van der Waals surface area contributed by atoms with Crippen LogP contribution in [0.3, 0.4) is 0 Å². The molecule has 3 aromatic rings. The minimum Gasteiger partial charge on any atom is -0.318 e. The van der Waals surface area contributed by atoms with E-state index in [1.165, 1.54) is 4.90 Å². The van der Waals surface area contributed by atoms with Crippen molar-refractivity contribution in [2.75, 3.05) is 0 Å². The zero-order valence-electron chi connectivity index (χ0n) is 17.1. The molecule has 1 aromatic heterocycles. The molecule has 1 N–H and O–H groups in total. The number of hydrogen-bond donors (Lipinski definition) is 1. The Labute approximate surface area is 184 Å². The zero-order chi connectivity index (χ0) is 21.4. The topological polar surface area (TPSA) is 54.3 Å². The number of aromatic nitrogens is 1. The summed E-state index contributed by atoms with van der Waals surface area (Å²) in [6, 6.07) is 17.5. The smallest absolute Gasteiger partial charge is 0.318 e. The van der Waals surface area contributed by atoms with E-state index in [0.29, 0.717) is 5.70 Å². The van der Waals surface area contributed by atoms with Crippen molar-refractivity contribution in [2.24, 2.45) is 0 Å². The van der Waals surface area contributed by atoms with Gasteiger partial charge in [0, 0.05) is 21.5 Å². The van der Waals surface area contributed by atoms with Crippen LogP contribution in [0.25, 0.3) is 11.8 Å². The number of rotatable bonds is 4. The second-order valence-electron chi connectivity index (χ2n) is 7.51. The molecule has 4 rings (SSSR count). The van der Waals surface area contributed by atoms with Crippen LogP contribution in [0.5, 0.6) is 0 Å². The molecule has 152 valence electrons. The number of imide groups is 1. The molecular formula is C24H22BrN3O2. The summed E-state index contributed by atoms with van der Waals surface area (Å²) in [5.41, 5.74) is 6.31. The van der Waals surface area contributed by atoms with E-state index in [4.69, 9.17) is 0 Å². The fourth-order valence-electron chi connectivity index (χ4n) is 3.79. The molecule has 0 atom stereocenters. The van der Waals surface area contributed by atoms with E-state index >= 15 is 0 Å². The summed E-state index contributed by atoms with van der Waals surface area (Å²) in [6.45, 7) is 6.27. The first-order valence-corrected chi connectivity index (χ1v) is 10.5. The van der Waals surface area contributed by atoms with Gasteiger partial charge in [0.1, 0.15) is 5.70 Å². The van der Waals surface area contributed by atoms with E-state index in [1.54, 1.807) is 6.08 Å². The summed E-state index contributed by atoms with van der Waals surface area (Å²) in [4.78, 5) is 26.6. The highest BCUT2D eigenvalue weighted by atomic mass is 79.9. The summed E-state index contributed by atoms with van der Waals surface area (Å²) in [7, 11) is 0. The summed E-state index contributed by atoms with van der Waals surface area (Å²) in [6.07, 6.45) is 1.76. The summed E-state index contributed by atoms with van der Waals surface area (Å²) >= 11 is 3.46. The average Bonchev–Trinajstić information content (AvgIpc) is 3.13. The van der Waals surface area contributed by atoms with Crippen LogP contribution in [0.1, 0.15) is 28.1 Å². The molecule has 0 unspecified atom stereocenters. The first-order chi connectivity index (χ1) is 14.3. The van der Waals surface area contributed by atoms with Crippen LogP contribution in [-0.2, 0) is 11.3 Å². The third-order valence-corrected chi connectivity index (χ3v) is 5.77. The van der Waals surface area contributed by atoms with Crippen molar-refractivity contribution in [2.45, 2.75) is 27.3 Å². The molecule has 2 heterocycles. The molecule has 1 aliphatic heterocycles. The lowest BCUT2D eigenvalue weighted by Crippen LogP contribution is -2.30. The lowest BCUT2D eigenvalue weighted by molar-refractivity contribution is -0.123. The van der Waals surface area contributed by atoms with Crippen molar-refractivity contribution in [1.82, 2.24) is 14.8 Å². The molecular weight excluding hydrogens is 442 g/mol. The molecule has 0 bridgehead atoms. The second kappa shape index (κ2) is 7.95. The Morgan fingerprint density at radius 1 is 1.00 bits per heavy atom. The number of hydrogen-bond acceptors (Lipinski definition) is 2. The Balaban J connectivity index is 1.62. The van der Waals surface area contributed by atoms with Gasteiger partial charge in [-0.05, 0) is 68.3 Å². The van der Waals surface area contributed by atoms with Crippen molar-refractivity contribution < 1.29 is 9.59 Å². The molecule has 3 amide bonds. The van der Waals surface area contributed by atoms with Gasteiger partial charge in [0.2, 0.25) is 0 Å². The van der Waals surface area contributed by atoms with E-state index in [0.717, 1.165) is 38.2 Å². The molecule has 6 heteroatoms. The number of carbonyl (C=O) groups excluding carboxylic acids is 2. The molecule has 0 saturated carbocycles. The molecule has 1 fully saturated rings. The van der Waals surface area contributed by atoms with E-state index in [2.05, 4.69) is 25.8 Å². The number of nitrogens with one attached hydrogen (secondary N) is 1. The zero-order valence-corrected chi connectivity index (χ0v) is 18.7. The van der Waals surface area contributed by atoms with Gasteiger partial charge in [-0.3, -0.25) is 9.69 Å². The molecule has 0 aliphatic carbocycles. The van der Waals surface area contributed by atoms with Crippen LogP contribution >= 0.6 is 15.9 Å². The van der Waals surface area contributed by atoms with Crippen molar-refractivity contribution in [3.63, 3.8) is 0 Å². The second-order valence-corrected chi connectivity index (χ2v) is 8.42. The number of amides is 3. The van der Waals surface area contributed by atoms with E-state index in [-0.39, 0.29) is 12.5 Å². The highest BCUT2D eigenvalue weighted by Crippen LogP contribution is 2.25. The maximum atomic E-state index is 12.9. The van der Waals surface area contributed by atoms with Crippen molar-refractivity contribution in [1.29, 1.82) is 0 Å². The molecule has 1 saturated heterocycles. The van der Waals surface area contributed by atoms with Gasteiger partial charge in [-0.1, -0.05) is 45.8 Å². The largest absolute Gasteiger partial charge is 0.329 e. The van der Waals surface area contributed by atoms with Crippen LogP contribution < -0.4 is 5.32 Å². The van der Waals surface area contributed by atoms with E-state index in [9.17, 15) is 9.59 Å². The van der Waals surface area contributed by atoms with Gasteiger partial charge >= 0.3 is 6.03 Å². The molecule has 30 heavy (non-hydrogen) atoms. The van der Waals surface area contributed by atoms with Crippen molar-refractivity contribution >= 4 is 33.9 Å². The molecule has 5 nitrogen and oxygen atoms in total. The van der Waals surface area contributed by atoms with Gasteiger partial charge < -0.3 is 9.88 Å². The monoisotopic (exact) mass is 463 g/mol. The summed E-state index contributed by atoms with van der Waals surface area (Å²) in [5.74, 6) is -0.310. The maximum absolute atomic E-state index is 12.9. The summed E-state index contributed by atoms with van der Waals surface area (Å²) < 4.78 is 3.15. The fraction of sp³-hybridized carbons (Fsp3) is 0.167. The number of carbonyl (C=O) groups is 2. The molecule has 0 radical (unpaired) electrons. The predicted octanol–water partition coefficient (Wildman–Crippen LogP) is 5.26. The fourth-order valence-corrected chi connectivity index (χ4v) is 4.05. The number of benzene rings is 2. The Hall–Kier alpha value is -3.12. The van der Waals surface area contributed by atoms with Crippen molar-refractivity contribution in [3.05, 3.63) is 92.8 Å². The third kappa shape index (κ3) is 3.83. The average molecular weight is 464 g/mol. The first kappa shape index (κ1) is 20.2. The first-order valence-electron chi connectivity index (χ1n) is 9.68. The Morgan fingerprint density at radius 2 is 1.73 bits per heavy atom.